The van der Waals surface area contributed by atoms with Crippen LogP contribution in [0, 0.1) is 21.0 Å². The number of nitrogens with one attached hydrogen (secondary N) is 1. The van der Waals surface area contributed by atoms with Gasteiger partial charge in [-0.15, -0.1) is 0 Å². The molecule has 3 nitrogen and oxygen atoms in total. The van der Waals surface area contributed by atoms with Gasteiger partial charge in [-0.1, -0.05) is 0 Å². The van der Waals surface area contributed by atoms with Crippen molar-refractivity contribution in [1.82, 2.24) is 0 Å². The van der Waals surface area contributed by atoms with Crippen LogP contribution in [-0.4, -0.2) is 7.11 Å². The maximum atomic E-state index is 13.7. The summed E-state index contributed by atoms with van der Waals surface area (Å²) in [6.07, 6.45) is 0. The molecule has 0 fully saturated rings. The molecule has 2 aromatic rings. The number of ether oxygens (including phenoxy) is 1. The summed E-state index contributed by atoms with van der Waals surface area (Å²) < 4.78 is 46.0. The average molecular weight is 394 g/mol. The van der Waals surface area contributed by atoms with Crippen molar-refractivity contribution in [2.24, 2.45) is 0 Å². The summed E-state index contributed by atoms with van der Waals surface area (Å²) in [6, 6.07) is 5.30. The third-order valence-corrected chi connectivity index (χ3v) is 3.29. The van der Waals surface area contributed by atoms with Gasteiger partial charge in [-0.05, 0) is 40.8 Å². The molecule has 0 aromatic heterocycles. The molecule has 106 valence electrons. The summed E-state index contributed by atoms with van der Waals surface area (Å²) in [6.45, 7) is 0. The topological polar surface area (TPSA) is 47.3 Å². The van der Waals surface area contributed by atoms with Crippen molar-refractivity contribution in [1.29, 1.82) is 0 Å². The number of hydrogen-bond acceptors (Lipinski definition) is 3. The molecule has 0 aliphatic carbocycles. The Kier molecular flexibility index (Phi) is 4.26. The molecule has 0 heterocycles. The van der Waals surface area contributed by atoms with Crippen LogP contribution in [0.25, 0.3) is 0 Å². The molecular formula is C13H10F3IN2O. The summed E-state index contributed by atoms with van der Waals surface area (Å²) >= 11 is 1.96. The summed E-state index contributed by atoms with van der Waals surface area (Å²) in [5, 5.41) is 2.62. The molecule has 2 aromatic carbocycles. The summed E-state index contributed by atoms with van der Waals surface area (Å²) in [4.78, 5) is 0. The molecule has 7 heteroatoms. The number of benzene rings is 2. The van der Waals surface area contributed by atoms with Gasteiger partial charge in [-0.25, -0.2) is 8.78 Å². The van der Waals surface area contributed by atoms with E-state index in [9.17, 15) is 13.2 Å². The van der Waals surface area contributed by atoms with E-state index in [1.165, 1.54) is 19.2 Å². The predicted octanol–water partition coefficient (Wildman–Crippen LogP) is 4.04. The Balaban J connectivity index is 2.46. The van der Waals surface area contributed by atoms with Crippen molar-refractivity contribution in [2.45, 2.75) is 0 Å². The van der Waals surface area contributed by atoms with E-state index in [0.717, 1.165) is 6.07 Å². The van der Waals surface area contributed by atoms with Gasteiger partial charge in [0.2, 0.25) is 5.82 Å². The van der Waals surface area contributed by atoms with Crippen LogP contribution in [0.15, 0.2) is 24.3 Å². The quantitative estimate of drug-likeness (QED) is 0.610. The van der Waals surface area contributed by atoms with E-state index in [0.29, 0.717) is 3.57 Å². The number of methoxy groups -OCH3 is 1. The number of halogens is 4. The highest BCUT2D eigenvalue weighted by molar-refractivity contribution is 14.1. The lowest BCUT2D eigenvalue weighted by Gasteiger charge is -2.14. The van der Waals surface area contributed by atoms with Gasteiger partial charge in [-0.2, -0.15) is 4.39 Å². The van der Waals surface area contributed by atoms with E-state index >= 15 is 0 Å². The maximum absolute atomic E-state index is 13.7. The molecule has 0 unspecified atom stereocenters. The third kappa shape index (κ3) is 2.77. The minimum atomic E-state index is -1.18. The van der Waals surface area contributed by atoms with Crippen molar-refractivity contribution in [3.63, 3.8) is 0 Å². The van der Waals surface area contributed by atoms with Crippen molar-refractivity contribution >= 4 is 39.7 Å². The molecule has 0 radical (unpaired) electrons. The fraction of sp³-hybridized carbons (Fsp3) is 0.0769. The Hall–Kier alpha value is -1.64. The highest BCUT2D eigenvalue weighted by atomic mass is 127. The van der Waals surface area contributed by atoms with Gasteiger partial charge in [0.1, 0.15) is 11.5 Å². The van der Waals surface area contributed by atoms with Crippen molar-refractivity contribution in [2.75, 3.05) is 18.2 Å². The molecule has 0 spiro atoms. The lowest BCUT2D eigenvalue weighted by molar-refractivity contribution is 0.374. The highest BCUT2D eigenvalue weighted by Crippen LogP contribution is 2.36. The Morgan fingerprint density at radius 1 is 1.10 bits per heavy atom. The van der Waals surface area contributed by atoms with Gasteiger partial charge in [-0.3, -0.25) is 0 Å². The molecular weight excluding hydrogens is 384 g/mol. The van der Waals surface area contributed by atoms with Gasteiger partial charge >= 0.3 is 0 Å². The van der Waals surface area contributed by atoms with Gasteiger partial charge in [0.25, 0.3) is 0 Å². The zero-order valence-electron chi connectivity index (χ0n) is 10.3. The fourth-order valence-electron chi connectivity index (χ4n) is 1.66. The number of hydrogen-bond donors (Lipinski definition) is 2. The zero-order chi connectivity index (χ0) is 14.9. The van der Waals surface area contributed by atoms with E-state index in [1.54, 1.807) is 6.07 Å². The third-order valence-electron chi connectivity index (χ3n) is 2.62. The van der Waals surface area contributed by atoms with Gasteiger partial charge in [0, 0.05) is 9.64 Å². The maximum Gasteiger partial charge on any atom is 0.202 e. The number of nitrogen functional groups attached to an aromatic ring is 1. The van der Waals surface area contributed by atoms with Crippen LogP contribution in [0.4, 0.5) is 30.2 Å². The van der Waals surface area contributed by atoms with Crippen molar-refractivity contribution < 1.29 is 17.9 Å². The second kappa shape index (κ2) is 5.78. The first-order valence-electron chi connectivity index (χ1n) is 5.47. The summed E-state index contributed by atoms with van der Waals surface area (Å²) in [7, 11) is 1.17. The van der Waals surface area contributed by atoms with Gasteiger partial charge in [0.05, 0.1) is 18.5 Å². The molecule has 3 N–H and O–H groups in total. The molecule has 0 atom stereocenters. The number of rotatable bonds is 3. The Morgan fingerprint density at radius 3 is 2.40 bits per heavy atom. The smallest absolute Gasteiger partial charge is 0.202 e. The average Bonchev–Trinajstić information content (AvgIpc) is 2.39. The van der Waals surface area contributed by atoms with E-state index in [2.05, 4.69) is 5.32 Å². The molecule has 0 amide bonds. The van der Waals surface area contributed by atoms with Gasteiger partial charge < -0.3 is 15.8 Å². The largest absolute Gasteiger partial charge is 0.491 e. The molecule has 2 rings (SSSR count). The van der Waals surface area contributed by atoms with Crippen LogP contribution >= 0.6 is 22.6 Å². The minimum Gasteiger partial charge on any atom is -0.491 e. The molecule has 0 aliphatic heterocycles. The monoisotopic (exact) mass is 394 g/mol. The first-order chi connectivity index (χ1) is 9.43. The lowest BCUT2D eigenvalue weighted by Crippen LogP contribution is -2.04. The summed E-state index contributed by atoms with van der Waals surface area (Å²) in [5.41, 5.74) is 5.67. The van der Waals surface area contributed by atoms with Crippen LogP contribution in [-0.2, 0) is 0 Å². The van der Waals surface area contributed by atoms with E-state index in [1.807, 2.05) is 22.6 Å². The first kappa shape index (κ1) is 14.8. The SMILES string of the molecule is COc1c(N)c(Nc2ccc(I)cc2F)cc(F)c1F. The van der Waals surface area contributed by atoms with Crippen LogP contribution in [0.3, 0.4) is 0 Å². The first-order valence-corrected chi connectivity index (χ1v) is 6.55. The van der Waals surface area contributed by atoms with Crippen LogP contribution in [0.2, 0.25) is 0 Å². The zero-order valence-corrected chi connectivity index (χ0v) is 12.5. The summed E-state index contributed by atoms with van der Waals surface area (Å²) in [5.74, 6) is -3.26. The van der Waals surface area contributed by atoms with Crippen molar-refractivity contribution in [3.05, 3.63) is 45.3 Å². The Labute approximate surface area is 127 Å². The van der Waals surface area contributed by atoms with Crippen LogP contribution in [0.1, 0.15) is 0 Å². The molecule has 0 saturated carbocycles. The minimum absolute atomic E-state index is 0.0286. The second-order valence-electron chi connectivity index (χ2n) is 3.92. The molecule has 0 aliphatic rings. The number of nitrogens with two attached hydrogens (primary N) is 1. The predicted molar refractivity (Wildman–Crippen MR) is 79.7 cm³/mol. The molecule has 0 bridgehead atoms. The van der Waals surface area contributed by atoms with E-state index in [-0.39, 0.29) is 17.1 Å². The normalized spacial score (nSPS) is 10.4. The van der Waals surface area contributed by atoms with Crippen LogP contribution < -0.4 is 15.8 Å². The number of anilines is 3. The Bertz CT molecular complexity index is 665. The van der Waals surface area contributed by atoms with Gasteiger partial charge in [0.15, 0.2) is 11.6 Å². The Morgan fingerprint density at radius 2 is 1.80 bits per heavy atom. The lowest BCUT2D eigenvalue weighted by atomic mass is 10.2. The second-order valence-corrected chi connectivity index (χ2v) is 5.16. The molecule has 0 saturated heterocycles. The highest BCUT2D eigenvalue weighted by Gasteiger charge is 2.18. The fourth-order valence-corrected chi connectivity index (χ4v) is 2.11. The van der Waals surface area contributed by atoms with Crippen molar-refractivity contribution in [3.8, 4) is 5.75 Å². The van der Waals surface area contributed by atoms with E-state index < -0.39 is 23.2 Å². The molecule has 20 heavy (non-hydrogen) atoms. The van der Waals surface area contributed by atoms with Crippen LogP contribution in [0.5, 0.6) is 5.75 Å². The van der Waals surface area contributed by atoms with E-state index in [4.69, 9.17) is 10.5 Å². The standard InChI is InChI=1S/C13H10F3IN2O/c1-20-13-11(16)8(15)5-10(12(13)18)19-9-3-2-6(17)4-7(9)14/h2-5,19H,18H2,1H3.